The third kappa shape index (κ3) is 4.33. The number of benzene rings is 2. The van der Waals surface area contributed by atoms with Gasteiger partial charge < -0.3 is 10.1 Å². The fraction of sp³-hybridized carbons (Fsp3) is 0.368. The molecule has 2 heteroatoms. The lowest BCUT2D eigenvalue weighted by Gasteiger charge is -2.21. The van der Waals surface area contributed by atoms with E-state index in [4.69, 9.17) is 4.74 Å². The van der Waals surface area contributed by atoms with E-state index in [-0.39, 0.29) is 6.10 Å². The Balaban J connectivity index is 2.25. The molecule has 1 atom stereocenters. The lowest BCUT2D eigenvalue weighted by molar-refractivity contribution is 0.204. The van der Waals surface area contributed by atoms with Crippen LogP contribution in [-0.2, 0) is 0 Å². The zero-order valence-corrected chi connectivity index (χ0v) is 13.4. The fourth-order valence-electron chi connectivity index (χ4n) is 2.42. The van der Waals surface area contributed by atoms with E-state index >= 15 is 0 Å². The molecular formula is C19H25NO. The Labute approximate surface area is 128 Å². The van der Waals surface area contributed by atoms with Crippen LogP contribution in [0.1, 0.15) is 42.6 Å². The summed E-state index contributed by atoms with van der Waals surface area (Å²) in [5.41, 5.74) is 3.76. The Hall–Kier alpha value is -1.80. The molecule has 0 saturated heterocycles. The molecule has 2 aromatic rings. The van der Waals surface area contributed by atoms with Gasteiger partial charge in [0, 0.05) is 6.54 Å². The molecule has 21 heavy (non-hydrogen) atoms. The van der Waals surface area contributed by atoms with Crippen LogP contribution in [0.5, 0.6) is 5.75 Å². The molecule has 0 aliphatic rings. The van der Waals surface area contributed by atoms with Crippen molar-refractivity contribution in [3.8, 4) is 5.75 Å². The maximum absolute atomic E-state index is 6.25. The largest absolute Gasteiger partial charge is 0.484 e. The molecule has 2 nitrogen and oxygen atoms in total. The lowest BCUT2D eigenvalue weighted by atomic mass is 10.0. The maximum Gasteiger partial charge on any atom is 0.136 e. The minimum absolute atomic E-state index is 0.0259. The normalized spacial score (nSPS) is 12.4. The van der Waals surface area contributed by atoms with Gasteiger partial charge >= 0.3 is 0 Å². The van der Waals surface area contributed by atoms with Crippen LogP contribution >= 0.6 is 0 Å². The molecule has 0 aliphatic heterocycles. The number of aryl methyl sites for hydroxylation is 1. The van der Waals surface area contributed by atoms with Crippen molar-refractivity contribution in [2.45, 2.75) is 32.8 Å². The van der Waals surface area contributed by atoms with Crippen molar-refractivity contribution < 1.29 is 4.74 Å². The van der Waals surface area contributed by atoms with Crippen LogP contribution < -0.4 is 10.1 Å². The second-order valence-electron chi connectivity index (χ2n) is 5.81. The third-order valence-corrected chi connectivity index (χ3v) is 3.58. The van der Waals surface area contributed by atoms with E-state index in [1.54, 1.807) is 0 Å². The van der Waals surface area contributed by atoms with Crippen molar-refractivity contribution in [1.29, 1.82) is 0 Å². The first-order valence-electron chi connectivity index (χ1n) is 7.58. The number of likely N-dealkylation sites (N-methyl/N-ethyl adjacent to an activating group) is 1. The van der Waals surface area contributed by atoms with E-state index in [0.29, 0.717) is 5.92 Å². The molecule has 2 aromatic carbocycles. The van der Waals surface area contributed by atoms with Crippen LogP contribution in [0, 0.1) is 6.92 Å². The van der Waals surface area contributed by atoms with Crippen molar-refractivity contribution in [3.63, 3.8) is 0 Å². The number of hydrogen-bond donors (Lipinski definition) is 1. The molecule has 0 fully saturated rings. The van der Waals surface area contributed by atoms with E-state index in [1.165, 1.54) is 16.7 Å². The van der Waals surface area contributed by atoms with Crippen molar-refractivity contribution in [2.75, 3.05) is 13.6 Å². The van der Waals surface area contributed by atoms with Crippen LogP contribution in [0.15, 0.2) is 48.5 Å². The average Bonchev–Trinajstić information content (AvgIpc) is 2.47. The van der Waals surface area contributed by atoms with Gasteiger partial charge in [-0.2, -0.15) is 0 Å². The Morgan fingerprint density at radius 1 is 1.00 bits per heavy atom. The number of hydrogen-bond acceptors (Lipinski definition) is 2. The van der Waals surface area contributed by atoms with Gasteiger partial charge in [-0.25, -0.2) is 0 Å². The first kappa shape index (κ1) is 15.6. The highest BCUT2D eigenvalue weighted by Crippen LogP contribution is 2.27. The summed E-state index contributed by atoms with van der Waals surface area (Å²) < 4.78 is 6.25. The van der Waals surface area contributed by atoms with E-state index in [2.05, 4.69) is 68.6 Å². The highest BCUT2D eigenvalue weighted by atomic mass is 16.5. The van der Waals surface area contributed by atoms with Gasteiger partial charge in [0.25, 0.3) is 0 Å². The summed E-state index contributed by atoms with van der Waals surface area (Å²) in [6.45, 7) is 7.32. The summed E-state index contributed by atoms with van der Waals surface area (Å²) in [6, 6.07) is 16.9. The van der Waals surface area contributed by atoms with E-state index in [0.717, 1.165) is 12.3 Å². The van der Waals surface area contributed by atoms with Crippen molar-refractivity contribution in [1.82, 2.24) is 5.32 Å². The summed E-state index contributed by atoms with van der Waals surface area (Å²) in [4.78, 5) is 0. The second-order valence-corrected chi connectivity index (χ2v) is 5.81. The van der Waals surface area contributed by atoms with E-state index in [9.17, 15) is 0 Å². The summed E-state index contributed by atoms with van der Waals surface area (Å²) in [7, 11) is 1.95. The first-order chi connectivity index (χ1) is 10.1. The Kier molecular flexibility index (Phi) is 5.40. The van der Waals surface area contributed by atoms with Gasteiger partial charge in [0.2, 0.25) is 0 Å². The average molecular weight is 283 g/mol. The second kappa shape index (κ2) is 7.28. The van der Waals surface area contributed by atoms with Crippen LogP contribution in [0.2, 0.25) is 0 Å². The molecule has 0 aromatic heterocycles. The lowest BCUT2D eigenvalue weighted by Crippen LogP contribution is -2.22. The summed E-state index contributed by atoms with van der Waals surface area (Å²) >= 11 is 0. The standard InChI is InChI=1S/C19H25NO/c1-14(2)17-10-15(3)11-18(12-17)21-19(13-20-4)16-8-6-5-7-9-16/h5-12,14,19-20H,13H2,1-4H3. The predicted molar refractivity (Wildman–Crippen MR) is 89.0 cm³/mol. The van der Waals surface area contributed by atoms with Gasteiger partial charge in [-0.3, -0.25) is 0 Å². The topological polar surface area (TPSA) is 21.3 Å². The van der Waals surface area contributed by atoms with E-state index < -0.39 is 0 Å². The van der Waals surface area contributed by atoms with Gasteiger partial charge in [0.15, 0.2) is 0 Å². The first-order valence-corrected chi connectivity index (χ1v) is 7.58. The number of ether oxygens (including phenoxy) is 1. The Bertz CT molecular complexity index is 563. The molecule has 1 unspecified atom stereocenters. The minimum atomic E-state index is 0.0259. The number of rotatable bonds is 6. The SMILES string of the molecule is CNCC(Oc1cc(C)cc(C(C)C)c1)c1ccccc1. The van der Waals surface area contributed by atoms with E-state index in [1.807, 2.05) is 13.1 Å². The monoisotopic (exact) mass is 283 g/mol. The van der Waals surface area contributed by atoms with Crippen LogP contribution in [-0.4, -0.2) is 13.6 Å². The zero-order chi connectivity index (χ0) is 15.2. The zero-order valence-electron chi connectivity index (χ0n) is 13.4. The van der Waals surface area contributed by atoms with Gasteiger partial charge in [-0.15, -0.1) is 0 Å². The van der Waals surface area contributed by atoms with Crippen LogP contribution in [0.3, 0.4) is 0 Å². The Morgan fingerprint density at radius 2 is 1.71 bits per heavy atom. The molecule has 1 N–H and O–H groups in total. The molecule has 0 saturated carbocycles. The molecular weight excluding hydrogens is 258 g/mol. The molecule has 0 bridgehead atoms. The predicted octanol–water partition coefficient (Wildman–Crippen LogP) is 4.46. The smallest absolute Gasteiger partial charge is 0.136 e. The van der Waals surface area contributed by atoms with Gasteiger partial charge in [-0.05, 0) is 48.7 Å². The van der Waals surface area contributed by atoms with Crippen molar-refractivity contribution in [2.24, 2.45) is 0 Å². The highest BCUT2D eigenvalue weighted by molar-refractivity contribution is 5.36. The fourth-order valence-corrected chi connectivity index (χ4v) is 2.42. The van der Waals surface area contributed by atoms with Crippen LogP contribution in [0.4, 0.5) is 0 Å². The quantitative estimate of drug-likeness (QED) is 0.845. The maximum atomic E-state index is 6.25. The molecule has 0 radical (unpaired) electrons. The molecule has 0 heterocycles. The highest BCUT2D eigenvalue weighted by Gasteiger charge is 2.13. The molecule has 0 amide bonds. The summed E-state index contributed by atoms with van der Waals surface area (Å²) in [6.07, 6.45) is 0.0259. The molecule has 0 spiro atoms. The molecule has 2 rings (SSSR count). The van der Waals surface area contributed by atoms with Gasteiger partial charge in [-0.1, -0.05) is 50.2 Å². The van der Waals surface area contributed by atoms with Crippen molar-refractivity contribution >= 4 is 0 Å². The van der Waals surface area contributed by atoms with Crippen molar-refractivity contribution in [3.05, 3.63) is 65.2 Å². The third-order valence-electron chi connectivity index (χ3n) is 3.58. The summed E-state index contributed by atoms with van der Waals surface area (Å²) in [5, 5.41) is 3.21. The molecule has 112 valence electrons. The Morgan fingerprint density at radius 3 is 2.33 bits per heavy atom. The number of nitrogens with one attached hydrogen (secondary N) is 1. The van der Waals surface area contributed by atoms with Gasteiger partial charge in [0.05, 0.1) is 0 Å². The molecule has 0 aliphatic carbocycles. The summed E-state index contributed by atoms with van der Waals surface area (Å²) in [5.74, 6) is 1.45. The van der Waals surface area contributed by atoms with Crippen LogP contribution in [0.25, 0.3) is 0 Å². The van der Waals surface area contributed by atoms with Gasteiger partial charge in [0.1, 0.15) is 11.9 Å². The minimum Gasteiger partial charge on any atom is -0.484 e.